The highest BCUT2D eigenvalue weighted by molar-refractivity contribution is 6.04. The minimum absolute atomic E-state index is 0.237. The average Bonchev–Trinajstić information content (AvgIpc) is 3.14. The highest BCUT2D eigenvalue weighted by Crippen LogP contribution is 2.36. The lowest BCUT2D eigenvalue weighted by molar-refractivity contribution is 0.0441. The zero-order valence-corrected chi connectivity index (χ0v) is 15.0. The molecule has 3 aromatic rings. The molecule has 1 saturated carbocycles. The molecule has 0 radical (unpaired) electrons. The number of ether oxygens (including phenoxy) is 1. The summed E-state index contributed by atoms with van der Waals surface area (Å²) in [4.78, 5) is 15.8. The van der Waals surface area contributed by atoms with Crippen molar-refractivity contribution in [1.82, 2.24) is 4.98 Å². The molecule has 1 aliphatic carbocycles. The molecular weight excluding hydrogens is 322 g/mol. The zero-order chi connectivity index (χ0) is 17.8. The highest BCUT2D eigenvalue weighted by Gasteiger charge is 2.27. The number of hydrogen-bond donors (Lipinski definition) is 1. The summed E-state index contributed by atoms with van der Waals surface area (Å²) >= 11 is 0. The Hall–Kier alpha value is -2.55. The van der Waals surface area contributed by atoms with Gasteiger partial charge in [-0.05, 0) is 30.4 Å². The van der Waals surface area contributed by atoms with E-state index in [0.717, 1.165) is 10.9 Å². The first-order valence-electron chi connectivity index (χ1n) is 9.61. The number of fused-ring (bicyclic) bond motifs is 1. The van der Waals surface area contributed by atoms with Crippen LogP contribution in [0.15, 0.2) is 60.8 Å². The van der Waals surface area contributed by atoms with E-state index >= 15 is 0 Å². The molecule has 4 rings (SSSR count). The van der Waals surface area contributed by atoms with Crippen molar-refractivity contribution >= 4 is 16.9 Å². The minimum atomic E-state index is -0.237. The molecule has 3 nitrogen and oxygen atoms in total. The molecule has 3 heteroatoms. The molecule has 1 aliphatic rings. The Morgan fingerprint density at radius 1 is 1.00 bits per heavy atom. The molecule has 1 fully saturated rings. The van der Waals surface area contributed by atoms with Crippen LogP contribution < -0.4 is 0 Å². The van der Waals surface area contributed by atoms with Crippen LogP contribution in [0.25, 0.3) is 10.9 Å². The monoisotopic (exact) mass is 347 g/mol. The van der Waals surface area contributed by atoms with Crippen LogP contribution in [0, 0.1) is 5.92 Å². The summed E-state index contributed by atoms with van der Waals surface area (Å²) in [6.07, 6.45) is 8.10. The van der Waals surface area contributed by atoms with E-state index < -0.39 is 0 Å². The van der Waals surface area contributed by atoms with Gasteiger partial charge in [0.05, 0.1) is 12.2 Å². The standard InChI is InChI=1S/C23H25NO2/c25-23(20-15-24-22-14-8-7-13-19(20)22)26-16-21(17-9-3-1-4-10-17)18-11-5-2-6-12-18/h1,3-4,7-10,13-15,18,21,24H,2,5-6,11-12,16H2. The molecule has 1 unspecified atom stereocenters. The SMILES string of the molecule is O=C(OCC(c1ccccc1)C1CCCCC1)c1c[nH]c2ccccc12. The summed E-state index contributed by atoms with van der Waals surface area (Å²) in [5.74, 6) is 0.645. The predicted molar refractivity (Wildman–Crippen MR) is 104 cm³/mol. The molecule has 0 amide bonds. The quantitative estimate of drug-likeness (QED) is 0.603. The number of aromatic amines is 1. The van der Waals surface area contributed by atoms with Gasteiger partial charge in [0.1, 0.15) is 0 Å². The van der Waals surface area contributed by atoms with Crippen molar-refractivity contribution in [3.8, 4) is 0 Å². The lowest BCUT2D eigenvalue weighted by Crippen LogP contribution is -2.22. The smallest absolute Gasteiger partial charge is 0.340 e. The second-order valence-corrected chi connectivity index (χ2v) is 7.26. The second-order valence-electron chi connectivity index (χ2n) is 7.26. The fourth-order valence-corrected chi connectivity index (χ4v) is 4.22. The number of carbonyl (C=O) groups is 1. The number of aromatic nitrogens is 1. The number of para-hydroxylation sites is 1. The Bertz CT molecular complexity index is 862. The van der Waals surface area contributed by atoms with Gasteiger partial charge in [-0.2, -0.15) is 0 Å². The Morgan fingerprint density at radius 2 is 1.73 bits per heavy atom. The van der Waals surface area contributed by atoms with E-state index in [1.807, 2.05) is 30.3 Å². The van der Waals surface area contributed by atoms with Gasteiger partial charge in [0.2, 0.25) is 0 Å². The molecule has 0 saturated heterocycles. The summed E-state index contributed by atoms with van der Waals surface area (Å²) in [5, 5.41) is 0.923. The molecule has 1 atom stereocenters. The van der Waals surface area contributed by atoms with E-state index in [4.69, 9.17) is 4.74 Å². The predicted octanol–water partition coefficient (Wildman–Crippen LogP) is 5.69. The lowest BCUT2D eigenvalue weighted by atomic mass is 9.77. The van der Waals surface area contributed by atoms with Gasteiger partial charge in [-0.15, -0.1) is 0 Å². The number of hydrogen-bond acceptors (Lipinski definition) is 2. The first kappa shape index (κ1) is 16.9. The van der Waals surface area contributed by atoms with Crippen molar-refractivity contribution in [2.24, 2.45) is 5.92 Å². The van der Waals surface area contributed by atoms with Gasteiger partial charge < -0.3 is 9.72 Å². The van der Waals surface area contributed by atoms with Gasteiger partial charge in [-0.1, -0.05) is 67.8 Å². The first-order valence-corrected chi connectivity index (χ1v) is 9.61. The number of rotatable bonds is 5. The van der Waals surface area contributed by atoms with Gasteiger partial charge in [-0.25, -0.2) is 4.79 Å². The summed E-state index contributed by atoms with van der Waals surface area (Å²) in [5.41, 5.74) is 2.87. The number of carbonyl (C=O) groups excluding carboxylic acids is 1. The van der Waals surface area contributed by atoms with Crippen molar-refractivity contribution in [1.29, 1.82) is 0 Å². The third-order valence-electron chi connectivity index (χ3n) is 5.65. The largest absolute Gasteiger partial charge is 0.461 e. The van der Waals surface area contributed by atoms with Crippen LogP contribution in [-0.2, 0) is 4.74 Å². The van der Waals surface area contributed by atoms with Crippen LogP contribution >= 0.6 is 0 Å². The van der Waals surface area contributed by atoms with Gasteiger partial charge in [0, 0.05) is 23.0 Å². The maximum atomic E-state index is 12.7. The van der Waals surface area contributed by atoms with Crippen LogP contribution in [-0.4, -0.2) is 17.6 Å². The number of nitrogens with one attached hydrogen (secondary N) is 1. The van der Waals surface area contributed by atoms with Crippen molar-refractivity contribution < 1.29 is 9.53 Å². The third kappa shape index (κ3) is 3.52. The zero-order valence-electron chi connectivity index (χ0n) is 15.0. The summed E-state index contributed by atoms with van der Waals surface area (Å²) in [7, 11) is 0. The van der Waals surface area contributed by atoms with Gasteiger partial charge in [0.25, 0.3) is 0 Å². The fourth-order valence-electron chi connectivity index (χ4n) is 4.22. The molecule has 1 aromatic heterocycles. The van der Waals surface area contributed by atoms with Crippen LogP contribution in [0.4, 0.5) is 0 Å². The Kier molecular flexibility index (Phi) is 5.05. The lowest BCUT2D eigenvalue weighted by Gasteiger charge is -2.30. The average molecular weight is 347 g/mol. The van der Waals surface area contributed by atoms with Crippen molar-refractivity contribution in [3.63, 3.8) is 0 Å². The maximum absolute atomic E-state index is 12.7. The Morgan fingerprint density at radius 3 is 2.54 bits per heavy atom. The van der Waals surface area contributed by atoms with Crippen LogP contribution in [0.3, 0.4) is 0 Å². The number of esters is 1. The minimum Gasteiger partial charge on any atom is -0.461 e. The van der Waals surface area contributed by atoms with Gasteiger partial charge >= 0.3 is 5.97 Å². The van der Waals surface area contributed by atoms with E-state index in [-0.39, 0.29) is 11.9 Å². The van der Waals surface area contributed by atoms with E-state index in [0.29, 0.717) is 18.1 Å². The molecule has 1 heterocycles. The van der Waals surface area contributed by atoms with Crippen molar-refractivity contribution in [2.45, 2.75) is 38.0 Å². The molecule has 0 aliphatic heterocycles. The fraction of sp³-hybridized carbons (Fsp3) is 0.348. The van der Waals surface area contributed by atoms with E-state index in [2.05, 4.69) is 29.2 Å². The summed E-state index contributed by atoms with van der Waals surface area (Å²) in [6, 6.07) is 18.4. The summed E-state index contributed by atoms with van der Waals surface area (Å²) < 4.78 is 5.81. The second kappa shape index (κ2) is 7.77. The van der Waals surface area contributed by atoms with E-state index in [9.17, 15) is 4.79 Å². The molecule has 0 spiro atoms. The van der Waals surface area contributed by atoms with E-state index in [1.54, 1.807) is 6.20 Å². The molecule has 134 valence electrons. The van der Waals surface area contributed by atoms with Gasteiger partial charge in [-0.3, -0.25) is 0 Å². The molecule has 0 bridgehead atoms. The third-order valence-corrected chi connectivity index (χ3v) is 5.65. The number of H-pyrrole nitrogens is 1. The maximum Gasteiger partial charge on any atom is 0.340 e. The number of benzene rings is 2. The van der Waals surface area contributed by atoms with Crippen LogP contribution in [0.2, 0.25) is 0 Å². The van der Waals surface area contributed by atoms with Crippen LogP contribution in [0.1, 0.15) is 53.9 Å². The van der Waals surface area contributed by atoms with E-state index in [1.165, 1.54) is 37.7 Å². The normalized spacial score (nSPS) is 16.5. The molecular formula is C23H25NO2. The van der Waals surface area contributed by atoms with Gasteiger partial charge in [0.15, 0.2) is 0 Å². The molecule has 26 heavy (non-hydrogen) atoms. The topological polar surface area (TPSA) is 42.1 Å². The van der Waals surface area contributed by atoms with Crippen LogP contribution in [0.5, 0.6) is 0 Å². The van der Waals surface area contributed by atoms with Crippen molar-refractivity contribution in [3.05, 3.63) is 71.9 Å². The summed E-state index contributed by atoms with van der Waals surface area (Å²) in [6.45, 7) is 0.451. The Balaban J connectivity index is 1.51. The highest BCUT2D eigenvalue weighted by atomic mass is 16.5. The first-order chi connectivity index (χ1) is 12.8. The van der Waals surface area contributed by atoms with Crippen molar-refractivity contribution in [2.75, 3.05) is 6.61 Å². The molecule has 2 aromatic carbocycles. The Labute approximate surface area is 154 Å². The molecule has 1 N–H and O–H groups in total.